The number of carboxylic acids is 1. The maximum Gasteiger partial charge on any atom is 0.308 e. The zero-order chi connectivity index (χ0) is 14.4. The van der Waals surface area contributed by atoms with Gasteiger partial charge in [-0.3, -0.25) is 9.78 Å². The molecule has 0 aromatic carbocycles. The van der Waals surface area contributed by atoms with E-state index in [9.17, 15) is 4.79 Å². The molecular formula is C13H21N3O3. The predicted molar refractivity (Wildman–Crippen MR) is 72.5 cm³/mol. The Labute approximate surface area is 113 Å². The number of hydrogen-bond acceptors (Lipinski definition) is 5. The summed E-state index contributed by atoms with van der Waals surface area (Å²) in [6, 6.07) is 0. The summed E-state index contributed by atoms with van der Waals surface area (Å²) in [5, 5.41) is 8.96. The highest BCUT2D eigenvalue weighted by Gasteiger charge is 2.17. The fourth-order valence-electron chi connectivity index (χ4n) is 1.58. The van der Waals surface area contributed by atoms with Gasteiger partial charge >= 0.3 is 5.97 Å². The lowest BCUT2D eigenvalue weighted by molar-refractivity contribution is -0.140. The van der Waals surface area contributed by atoms with E-state index in [-0.39, 0.29) is 6.10 Å². The van der Waals surface area contributed by atoms with Gasteiger partial charge in [0.2, 0.25) is 5.88 Å². The van der Waals surface area contributed by atoms with E-state index in [1.165, 1.54) is 0 Å². The van der Waals surface area contributed by atoms with Crippen molar-refractivity contribution in [3.8, 4) is 5.88 Å². The molecule has 0 saturated heterocycles. The first-order valence-electron chi connectivity index (χ1n) is 6.40. The third-order valence-corrected chi connectivity index (χ3v) is 2.58. The second-order valence-corrected chi connectivity index (χ2v) is 4.66. The summed E-state index contributed by atoms with van der Waals surface area (Å²) in [6.45, 7) is 8.51. The van der Waals surface area contributed by atoms with E-state index in [1.807, 2.05) is 25.7 Å². The first-order valence-corrected chi connectivity index (χ1v) is 6.40. The van der Waals surface area contributed by atoms with Crippen LogP contribution in [0.2, 0.25) is 0 Å². The molecule has 1 rings (SSSR count). The van der Waals surface area contributed by atoms with Crippen molar-refractivity contribution in [1.29, 1.82) is 0 Å². The summed E-state index contributed by atoms with van der Waals surface area (Å²) in [5.41, 5.74) is 0. The standard InChI is InChI=1S/C13H21N3O3/c1-5-16(8-10(4)13(17)18)11-6-14-7-12(15-11)19-9(2)3/h6-7,9-10H,5,8H2,1-4H3,(H,17,18). The van der Waals surface area contributed by atoms with Crippen LogP contribution in [0.5, 0.6) is 5.88 Å². The minimum atomic E-state index is -0.819. The van der Waals surface area contributed by atoms with Crippen LogP contribution < -0.4 is 9.64 Å². The van der Waals surface area contributed by atoms with Gasteiger partial charge in [0.05, 0.1) is 24.4 Å². The SMILES string of the molecule is CCN(CC(C)C(=O)O)c1cncc(OC(C)C)n1. The quantitative estimate of drug-likeness (QED) is 0.812. The molecule has 0 saturated carbocycles. The third kappa shape index (κ3) is 4.73. The van der Waals surface area contributed by atoms with Gasteiger partial charge in [0, 0.05) is 13.1 Å². The zero-order valence-corrected chi connectivity index (χ0v) is 11.8. The predicted octanol–water partition coefficient (Wildman–Crippen LogP) is 1.81. The van der Waals surface area contributed by atoms with E-state index >= 15 is 0 Å². The third-order valence-electron chi connectivity index (χ3n) is 2.58. The fraction of sp³-hybridized carbons (Fsp3) is 0.615. The minimum absolute atomic E-state index is 0.0255. The molecule has 6 heteroatoms. The van der Waals surface area contributed by atoms with Gasteiger partial charge in [-0.25, -0.2) is 0 Å². The fourth-order valence-corrected chi connectivity index (χ4v) is 1.58. The Bertz CT molecular complexity index is 423. The highest BCUT2D eigenvalue weighted by molar-refractivity contribution is 5.70. The van der Waals surface area contributed by atoms with E-state index in [4.69, 9.17) is 9.84 Å². The normalized spacial score (nSPS) is 12.3. The van der Waals surface area contributed by atoms with Crippen LogP contribution in [0.15, 0.2) is 12.4 Å². The van der Waals surface area contributed by atoms with Gasteiger partial charge in [-0.1, -0.05) is 6.92 Å². The van der Waals surface area contributed by atoms with Crippen molar-refractivity contribution >= 4 is 11.8 Å². The van der Waals surface area contributed by atoms with E-state index in [0.717, 1.165) is 0 Å². The minimum Gasteiger partial charge on any atom is -0.481 e. The van der Waals surface area contributed by atoms with E-state index in [2.05, 4.69) is 9.97 Å². The highest BCUT2D eigenvalue weighted by Crippen LogP contribution is 2.16. The molecule has 1 atom stereocenters. The van der Waals surface area contributed by atoms with Crippen LogP contribution in [0.1, 0.15) is 27.7 Å². The van der Waals surface area contributed by atoms with Crippen molar-refractivity contribution < 1.29 is 14.6 Å². The molecule has 0 bridgehead atoms. The maximum absolute atomic E-state index is 10.9. The zero-order valence-electron chi connectivity index (χ0n) is 11.8. The molecule has 0 amide bonds. The van der Waals surface area contributed by atoms with Crippen molar-refractivity contribution in [2.45, 2.75) is 33.8 Å². The second kappa shape index (κ2) is 6.92. The Morgan fingerprint density at radius 3 is 2.63 bits per heavy atom. The van der Waals surface area contributed by atoms with Crippen LogP contribution in [-0.2, 0) is 4.79 Å². The summed E-state index contributed by atoms with van der Waals surface area (Å²) >= 11 is 0. The molecule has 0 fully saturated rings. The van der Waals surface area contributed by atoms with Crippen LogP contribution in [0.4, 0.5) is 5.82 Å². The molecule has 1 aromatic rings. The molecule has 1 unspecified atom stereocenters. The average Bonchev–Trinajstić information content (AvgIpc) is 2.34. The van der Waals surface area contributed by atoms with Crippen molar-refractivity contribution in [1.82, 2.24) is 9.97 Å². The molecule has 0 spiro atoms. The number of nitrogens with zero attached hydrogens (tertiary/aromatic N) is 3. The van der Waals surface area contributed by atoms with E-state index in [1.54, 1.807) is 19.3 Å². The molecule has 0 aliphatic carbocycles. The lowest BCUT2D eigenvalue weighted by Crippen LogP contribution is -2.32. The Balaban J connectivity index is 2.83. The van der Waals surface area contributed by atoms with Gasteiger partial charge < -0.3 is 14.7 Å². The summed E-state index contributed by atoms with van der Waals surface area (Å²) in [4.78, 5) is 21.2. The number of aromatic nitrogens is 2. The number of rotatable bonds is 7. The van der Waals surface area contributed by atoms with E-state index in [0.29, 0.717) is 24.8 Å². The molecule has 106 valence electrons. The van der Waals surface area contributed by atoms with Crippen LogP contribution in [0, 0.1) is 5.92 Å². The number of anilines is 1. The van der Waals surface area contributed by atoms with Gasteiger partial charge in [0.25, 0.3) is 0 Å². The molecule has 1 heterocycles. The monoisotopic (exact) mass is 267 g/mol. The Kier molecular flexibility index (Phi) is 5.54. The molecular weight excluding hydrogens is 246 g/mol. The van der Waals surface area contributed by atoms with Crippen LogP contribution >= 0.6 is 0 Å². The Morgan fingerprint density at radius 1 is 1.42 bits per heavy atom. The number of ether oxygens (including phenoxy) is 1. The molecule has 19 heavy (non-hydrogen) atoms. The highest BCUT2D eigenvalue weighted by atomic mass is 16.5. The topological polar surface area (TPSA) is 75.6 Å². The van der Waals surface area contributed by atoms with Crippen molar-refractivity contribution in [2.75, 3.05) is 18.0 Å². The van der Waals surface area contributed by atoms with Gasteiger partial charge in [0.15, 0.2) is 5.82 Å². The van der Waals surface area contributed by atoms with Crippen molar-refractivity contribution in [2.24, 2.45) is 5.92 Å². The lowest BCUT2D eigenvalue weighted by Gasteiger charge is -2.24. The summed E-state index contributed by atoms with van der Waals surface area (Å²) < 4.78 is 5.49. The second-order valence-electron chi connectivity index (χ2n) is 4.66. The molecule has 0 aliphatic rings. The average molecular weight is 267 g/mol. The molecule has 0 radical (unpaired) electrons. The summed E-state index contributed by atoms with van der Waals surface area (Å²) in [7, 11) is 0. The van der Waals surface area contributed by atoms with Crippen LogP contribution in [0.3, 0.4) is 0 Å². The summed E-state index contributed by atoms with van der Waals surface area (Å²) in [6.07, 6.45) is 3.20. The van der Waals surface area contributed by atoms with Crippen LogP contribution in [0.25, 0.3) is 0 Å². The lowest BCUT2D eigenvalue weighted by atomic mass is 10.2. The first kappa shape index (κ1) is 15.2. The number of hydrogen-bond donors (Lipinski definition) is 1. The smallest absolute Gasteiger partial charge is 0.308 e. The molecule has 1 aromatic heterocycles. The molecule has 6 nitrogen and oxygen atoms in total. The van der Waals surface area contributed by atoms with E-state index < -0.39 is 11.9 Å². The van der Waals surface area contributed by atoms with Gasteiger partial charge in [0.1, 0.15) is 0 Å². The molecule has 1 N–H and O–H groups in total. The van der Waals surface area contributed by atoms with Gasteiger partial charge in [-0.05, 0) is 20.8 Å². The summed E-state index contributed by atoms with van der Waals surface area (Å²) in [5.74, 6) is -0.194. The van der Waals surface area contributed by atoms with Crippen molar-refractivity contribution in [3.05, 3.63) is 12.4 Å². The van der Waals surface area contributed by atoms with Crippen LogP contribution in [-0.4, -0.2) is 40.2 Å². The number of carbonyl (C=O) groups is 1. The van der Waals surface area contributed by atoms with Gasteiger partial charge in [-0.2, -0.15) is 4.98 Å². The number of aliphatic carboxylic acids is 1. The Morgan fingerprint density at radius 2 is 2.11 bits per heavy atom. The maximum atomic E-state index is 10.9. The van der Waals surface area contributed by atoms with Crippen molar-refractivity contribution in [3.63, 3.8) is 0 Å². The Hall–Kier alpha value is -1.85. The van der Waals surface area contributed by atoms with Gasteiger partial charge in [-0.15, -0.1) is 0 Å². The number of carboxylic acid groups (broad SMARTS) is 1. The largest absolute Gasteiger partial charge is 0.481 e. The first-order chi connectivity index (χ1) is 8.93. The molecule has 0 aliphatic heterocycles.